The lowest BCUT2D eigenvalue weighted by atomic mass is 9.99. The molecule has 5 rings (SSSR count). The third kappa shape index (κ3) is 11.4. The van der Waals surface area contributed by atoms with Crippen molar-refractivity contribution in [3.8, 4) is 45.3 Å². The molecule has 1 aliphatic heterocycles. The van der Waals surface area contributed by atoms with Gasteiger partial charge in [-0.1, -0.05) is 62.8 Å². The minimum absolute atomic E-state index is 0.0874. The first-order valence-electron chi connectivity index (χ1n) is 18.8. The molecule has 0 atom stereocenters. The van der Waals surface area contributed by atoms with E-state index in [-0.39, 0.29) is 23.5 Å². The minimum Gasteiger partial charge on any atom is -0.505 e. The number of rotatable bonds is 22. The summed E-state index contributed by atoms with van der Waals surface area (Å²) in [4.78, 5) is 0. The molecule has 0 saturated carbocycles. The molecule has 1 fully saturated rings. The Bertz CT molecular complexity index is 1710. The zero-order valence-electron chi connectivity index (χ0n) is 30.4. The first kappa shape index (κ1) is 39.9. The minimum atomic E-state index is -1.25. The van der Waals surface area contributed by atoms with Gasteiger partial charge in [-0.25, -0.2) is 8.78 Å². The Morgan fingerprint density at radius 2 is 0.981 bits per heavy atom. The van der Waals surface area contributed by atoms with Crippen molar-refractivity contribution < 1.29 is 46.4 Å². The standard InChI is InChI=1S/C43H50F4O6/c1-2-49-38-24-22-36(40(45)42(38)47)32-15-19-34(20-16-32)51-28-12-8-4-6-10-26-43(52-29-30-53-43)25-9-5-3-7-11-27-50-33-17-13-31(14-18-33)35-21-23-37(48)41(46)39(35)44/h13-24,48H,2-12,25-30H2,1H3. The molecule has 0 aromatic heterocycles. The highest BCUT2D eigenvalue weighted by molar-refractivity contribution is 5.67. The SMILES string of the molecule is CCOc1ccc(-c2ccc(OCCCCCCCC3(CCCCCCCOc4ccc(-c5ccc(O)c(F)c5F)cc4)OCCO3)cc2)c(F)c1F. The monoisotopic (exact) mass is 738 g/mol. The molecule has 0 unspecified atom stereocenters. The summed E-state index contributed by atoms with van der Waals surface area (Å²) in [5.41, 5.74) is 1.35. The fourth-order valence-corrected chi connectivity index (χ4v) is 6.59. The van der Waals surface area contributed by atoms with E-state index in [9.17, 15) is 22.7 Å². The van der Waals surface area contributed by atoms with Crippen LogP contribution in [0.25, 0.3) is 22.3 Å². The van der Waals surface area contributed by atoms with Gasteiger partial charge >= 0.3 is 0 Å². The lowest BCUT2D eigenvalue weighted by Gasteiger charge is -2.27. The van der Waals surface area contributed by atoms with Gasteiger partial charge in [-0.3, -0.25) is 0 Å². The van der Waals surface area contributed by atoms with Crippen LogP contribution in [0.2, 0.25) is 0 Å². The highest BCUT2D eigenvalue weighted by Crippen LogP contribution is 2.34. The van der Waals surface area contributed by atoms with E-state index in [1.165, 1.54) is 18.2 Å². The average Bonchev–Trinajstić information content (AvgIpc) is 3.64. The number of phenolic OH excluding ortho intramolecular Hbond substituents is 1. The number of halogens is 4. The smallest absolute Gasteiger partial charge is 0.201 e. The van der Waals surface area contributed by atoms with Crippen LogP contribution < -0.4 is 14.2 Å². The van der Waals surface area contributed by atoms with Crippen molar-refractivity contribution in [1.82, 2.24) is 0 Å². The Balaban J connectivity index is 0.893. The Labute approximate surface area is 310 Å². The van der Waals surface area contributed by atoms with Gasteiger partial charge in [0.1, 0.15) is 11.5 Å². The van der Waals surface area contributed by atoms with E-state index in [0.717, 1.165) is 83.1 Å². The van der Waals surface area contributed by atoms with Crippen molar-refractivity contribution in [2.24, 2.45) is 0 Å². The van der Waals surface area contributed by atoms with E-state index in [2.05, 4.69) is 0 Å². The molecule has 4 aromatic carbocycles. The molecular weight excluding hydrogens is 688 g/mol. The number of hydrogen-bond donors (Lipinski definition) is 1. The Morgan fingerprint density at radius 1 is 0.528 bits per heavy atom. The second kappa shape index (κ2) is 20.3. The topological polar surface area (TPSA) is 66.4 Å². The highest BCUT2D eigenvalue weighted by atomic mass is 19.2. The summed E-state index contributed by atoms with van der Waals surface area (Å²) < 4.78 is 85.7. The van der Waals surface area contributed by atoms with Crippen LogP contribution in [0.3, 0.4) is 0 Å². The van der Waals surface area contributed by atoms with Gasteiger partial charge in [-0.15, -0.1) is 0 Å². The normalized spacial score (nSPS) is 13.7. The Kier molecular flexibility index (Phi) is 15.3. The van der Waals surface area contributed by atoms with Crippen molar-refractivity contribution in [1.29, 1.82) is 0 Å². The summed E-state index contributed by atoms with van der Waals surface area (Å²) in [5.74, 6) is -4.12. The summed E-state index contributed by atoms with van der Waals surface area (Å²) in [6.07, 6.45) is 12.2. The van der Waals surface area contributed by atoms with Gasteiger partial charge < -0.3 is 28.8 Å². The molecule has 1 N–H and O–H groups in total. The number of phenols is 1. The maximum absolute atomic E-state index is 14.6. The number of benzene rings is 4. The fourth-order valence-electron chi connectivity index (χ4n) is 6.59. The maximum atomic E-state index is 14.6. The molecule has 10 heteroatoms. The summed E-state index contributed by atoms with van der Waals surface area (Å²) in [7, 11) is 0. The van der Waals surface area contributed by atoms with Gasteiger partial charge in [0.15, 0.2) is 28.9 Å². The Morgan fingerprint density at radius 3 is 1.49 bits per heavy atom. The molecule has 53 heavy (non-hydrogen) atoms. The predicted octanol–water partition coefficient (Wildman–Crippen LogP) is 11.6. The average molecular weight is 739 g/mol. The van der Waals surface area contributed by atoms with Crippen LogP contribution in [0.4, 0.5) is 17.6 Å². The second-order valence-corrected chi connectivity index (χ2v) is 13.3. The number of ether oxygens (including phenoxy) is 5. The van der Waals surface area contributed by atoms with Crippen LogP contribution in [0.5, 0.6) is 23.0 Å². The molecule has 0 bridgehead atoms. The molecule has 0 aliphatic carbocycles. The zero-order valence-corrected chi connectivity index (χ0v) is 30.4. The largest absolute Gasteiger partial charge is 0.505 e. The first-order valence-corrected chi connectivity index (χ1v) is 18.8. The highest BCUT2D eigenvalue weighted by Gasteiger charge is 2.35. The van der Waals surface area contributed by atoms with Crippen molar-refractivity contribution in [2.75, 3.05) is 33.0 Å². The predicted molar refractivity (Wildman–Crippen MR) is 197 cm³/mol. The molecule has 286 valence electrons. The summed E-state index contributed by atoms with van der Waals surface area (Å²) in [5, 5.41) is 9.34. The number of unbranched alkanes of at least 4 members (excludes halogenated alkanes) is 8. The van der Waals surface area contributed by atoms with Gasteiger partial charge in [0.05, 0.1) is 33.0 Å². The van der Waals surface area contributed by atoms with E-state index < -0.39 is 34.8 Å². The van der Waals surface area contributed by atoms with Crippen molar-refractivity contribution in [2.45, 2.75) is 89.8 Å². The van der Waals surface area contributed by atoms with Crippen LogP contribution in [-0.2, 0) is 9.47 Å². The van der Waals surface area contributed by atoms with Gasteiger partial charge in [0.25, 0.3) is 0 Å². The number of hydrogen-bond acceptors (Lipinski definition) is 6. The molecular formula is C43H50F4O6. The van der Waals surface area contributed by atoms with E-state index >= 15 is 0 Å². The molecule has 1 heterocycles. The summed E-state index contributed by atoms with van der Waals surface area (Å²) >= 11 is 0. The quantitative estimate of drug-likeness (QED) is 0.0640. The molecule has 1 saturated heterocycles. The maximum Gasteiger partial charge on any atom is 0.201 e. The van der Waals surface area contributed by atoms with E-state index in [4.69, 9.17) is 23.7 Å². The summed E-state index contributed by atoms with van der Waals surface area (Å²) in [6.45, 7) is 4.44. The Hall–Kier alpha value is -4.28. The zero-order chi connectivity index (χ0) is 37.5. The summed E-state index contributed by atoms with van der Waals surface area (Å²) in [6, 6.07) is 19.3. The fraction of sp³-hybridized carbons (Fsp3) is 0.442. The van der Waals surface area contributed by atoms with Crippen LogP contribution in [0.15, 0.2) is 72.8 Å². The van der Waals surface area contributed by atoms with Crippen molar-refractivity contribution >= 4 is 0 Å². The van der Waals surface area contributed by atoms with Gasteiger partial charge in [0, 0.05) is 24.0 Å². The first-order chi connectivity index (χ1) is 25.8. The van der Waals surface area contributed by atoms with Crippen LogP contribution in [0, 0.1) is 23.3 Å². The van der Waals surface area contributed by atoms with Gasteiger partial charge in [-0.2, -0.15) is 8.78 Å². The molecule has 0 amide bonds. The second-order valence-electron chi connectivity index (χ2n) is 13.3. The van der Waals surface area contributed by atoms with Gasteiger partial charge in [-0.05, 0) is 92.3 Å². The molecule has 4 aromatic rings. The molecule has 0 radical (unpaired) electrons. The van der Waals surface area contributed by atoms with Crippen LogP contribution >= 0.6 is 0 Å². The number of aromatic hydroxyl groups is 1. The lowest BCUT2D eigenvalue weighted by Crippen LogP contribution is -2.30. The molecule has 1 aliphatic rings. The molecule has 6 nitrogen and oxygen atoms in total. The third-order valence-electron chi connectivity index (χ3n) is 9.49. The van der Waals surface area contributed by atoms with Gasteiger partial charge in [0.2, 0.25) is 11.6 Å². The van der Waals surface area contributed by atoms with E-state index in [0.29, 0.717) is 49.1 Å². The van der Waals surface area contributed by atoms with E-state index in [1.807, 2.05) is 0 Å². The van der Waals surface area contributed by atoms with Crippen LogP contribution in [0.1, 0.15) is 84.0 Å². The van der Waals surface area contributed by atoms with Crippen molar-refractivity contribution in [3.05, 3.63) is 96.1 Å². The van der Waals surface area contributed by atoms with Crippen LogP contribution in [-0.4, -0.2) is 43.9 Å². The van der Waals surface area contributed by atoms with E-state index in [1.54, 1.807) is 55.5 Å². The molecule has 0 spiro atoms. The van der Waals surface area contributed by atoms with Crippen molar-refractivity contribution in [3.63, 3.8) is 0 Å². The third-order valence-corrected chi connectivity index (χ3v) is 9.49. The lowest BCUT2D eigenvalue weighted by molar-refractivity contribution is -0.168.